The lowest BCUT2D eigenvalue weighted by atomic mass is 9.97. The standard InChI is InChI=1S/C23H26N6O/c1-4-16(2)22(19-7-10-25-11-8-19)28-27-17(3)29-12-9-20(23(29)30)13-18-5-6-21(14-24)26-15-18/h5-8,10-11,15-16,20,27H,3-4,9,12-13H2,1-2H3/b28-22+. The van der Waals surface area contributed by atoms with Gasteiger partial charge in [-0.1, -0.05) is 26.5 Å². The third-order valence-corrected chi connectivity index (χ3v) is 5.42. The van der Waals surface area contributed by atoms with Crippen LogP contribution in [0.2, 0.25) is 0 Å². The lowest BCUT2D eigenvalue weighted by Gasteiger charge is -2.20. The molecule has 0 aliphatic carbocycles. The molecular formula is C23H26N6O. The Morgan fingerprint density at radius 3 is 2.80 bits per heavy atom. The normalized spacial score (nSPS) is 17.5. The molecule has 1 amide bonds. The fourth-order valence-corrected chi connectivity index (χ4v) is 3.45. The topological polar surface area (TPSA) is 94.3 Å². The Balaban J connectivity index is 1.65. The maximum atomic E-state index is 12.9. The quantitative estimate of drug-likeness (QED) is 0.540. The number of carbonyl (C=O) groups is 1. The molecule has 2 aromatic rings. The number of hydrazone groups is 1. The van der Waals surface area contributed by atoms with Gasteiger partial charge in [0, 0.05) is 42.5 Å². The molecule has 0 spiro atoms. The van der Waals surface area contributed by atoms with Crippen LogP contribution >= 0.6 is 0 Å². The van der Waals surface area contributed by atoms with Gasteiger partial charge in [0.2, 0.25) is 5.91 Å². The zero-order valence-electron chi connectivity index (χ0n) is 17.4. The molecule has 0 radical (unpaired) electrons. The van der Waals surface area contributed by atoms with Gasteiger partial charge in [-0.25, -0.2) is 4.98 Å². The number of pyridine rings is 2. The van der Waals surface area contributed by atoms with Crippen molar-refractivity contribution < 1.29 is 4.79 Å². The lowest BCUT2D eigenvalue weighted by Crippen LogP contribution is -2.33. The van der Waals surface area contributed by atoms with Crippen molar-refractivity contribution in [1.29, 1.82) is 5.26 Å². The number of hydrogen-bond acceptors (Lipinski definition) is 6. The van der Waals surface area contributed by atoms with Crippen LogP contribution in [-0.4, -0.2) is 33.0 Å². The van der Waals surface area contributed by atoms with Crippen molar-refractivity contribution in [3.05, 3.63) is 72.1 Å². The van der Waals surface area contributed by atoms with Gasteiger partial charge in [0.05, 0.1) is 5.71 Å². The second-order valence-corrected chi connectivity index (χ2v) is 7.44. The Labute approximate surface area is 177 Å². The molecule has 2 atom stereocenters. The van der Waals surface area contributed by atoms with Gasteiger partial charge in [0.1, 0.15) is 17.6 Å². The van der Waals surface area contributed by atoms with Gasteiger partial charge in [-0.05, 0) is 43.0 Å². The molecule has 30 heavy (non-hydrogen) atoms. The first-order chi connectivity index (χ1) is 14.5. The van der Waals surface area contributed by atoms with Crippen LogP contribution < -0.4 is 5.43 Å². The molecule has 7 heteroatoms. The molecule has 3 rings (SSSR count). The maximum Gasteiger partial charge on any atom is 0.231 e. The second kappa shape index (κ2) is 9.79. The highest BCUT2D eigenvalue weighted by molar-refractivity contribution is 6.01. The van der Waals surface area contributed by atoms with E-state index in [0.717, 1.165) is 29.7 Å². The summed E-state index contributed by atoms with van der Waals surface area (Å²) < 4.78 is 0. The number of hydrogen-bond donors (Lipinski definition) is 1. The van der Waals surface area contributed by atoms with Crippen molar-refractivity contribution >= 4 is 11.6 Å². The molecule has 0 bridgehead atoms. The number of carbonyl (C=O) groups excluding carboxylic acids is 1. The van der Waals surface area contributed by atoms with Gasteiger partial charge < -0.3 is 0 Å². The van der Waals surface area contributed by atoms with Crippen LogP contribution in [0, 0.1) is 23.2 Å². The zero-order valence-corrected chi connectivity index (χ0v) is 17.4. The predicted molar refractivity (Wildman–Crippen MR) is 115 cm³/mol. The molecular weight excluding hydrogens is 376 g/mol. The van der Waals surface area contributed by atoms with Crippen LogP contribution in [0.3, 0.4) is 0 Å². The van der Waals surface area contributed by atoms with E-state index < -0.39 is 0 Å². The average Bonchev–Trinajstić information content (AvgIpc) is 3.14. The SMILES string of the molecule is C=C(N/N=C(/c1ccncc1)C(C)CC)N1CCC(Cc2ccc(C#N)nc2)C1=O. The minimum Gasteiger partial charge on any atom is -0.297 e. The molecule has 2 aromatic heterocycles. The molecule has 1 fully saturated rings. The van der Waals surface area contributed by atoms with Gasteiger partial charge in [0.25, 0.3) is 0 Å². The number of nitrogens with one attached hydrogen (secondary N) is 1. The average molecular weight is 403 g/mol. The smallest absolute Gasteiger partial charge is 0.231 e. The van der Waals surface area contributed by atoms with Crippen molar-refractivity contribution in [3.63, 3.8) is 0 Å². The number of nitrogens with zero attached hydrogens (tertiary/aromatic N) is 5. The Morgan fingerprint density at radius 1 is 1.40 bits per heavy atom. The summed E-state index contributed by atoms with van der Waals surface area (Å²) in [5.74, 6) is 0.631. The molecule has 154 valence electrons. The van der Waals surface area contributed by atoms with E-state index in [1.165, 1.54) is 0 Å². The summed E-state index contributed by atoms with van der Waals surface area (Å²) in [7, 11) is 0. The highest BCUT2D eigenvalue weighted by atomic mass is 16.2. The molecule has 0 aromatic carbocycles. The number of amides is 1. The van der Waals surface area contributed by atoms with Crippen LogP contribution in [-0.2, 0) is 11.2 Å². The Hall–Kier alpha value is -3.53. The van der Waals surface area contributed by atoms with E-state index in [9.17, 15) is 4.79 Å². The number of nitriles is 1. The first kappa shape index (κ1) is 21.2. The fraction of sp³-hybridized carbons (Fsp3) is 0.348. The Kier molecular flexibility index (Phi) is 6.91. The van der Waals surface area contributed by atoms with Crippen LogP contribution in [0.5, 0.6) is 0 Å². The van der Waals surface area contributed by atoms with E-state index in [1.807, 2.05) is 24.3 Å². The second-order valence-electron chi connectivity index (χ2n) is 7.44. The van der Waals surface area contributed by atoms with Crippen LogP contribution in [0.4, 0.5) is 0 Å². The number of likely N-dealkylation sites (tertiary alicyclic amines) is 1. The summed E-state index contributed by atoms with van der Waals surface area (Å²) >= 11 is 0. The molecule has 0 saturated carbocycles. The van der Waals surface area contributed by atoms with Crippen molar-refractivity contribution in [2.75, 3.05) is 6.54 Å². The summed E-state index contributed by atoms with van der Waals surface area (Å²) in [4.78, 5) is 22.7. The molecule has 1 aliphatic rings. The molecule has 1 aliphatic heterocycles. The summed E-state index contributed by atoms with van der Waals surface area (Å²) in [6.07, 6.45) is 7.44. The van der Waals surface area contributed by atoms with Crippen molar-refractivity contribution in [1.82, 2.24) is 20.3 Å². The third kappa shape index (κ3) is 4.90. The molecule has 1 N–H and O–H groups in total. The van der Waals surface area contributed by atoms with Crippen LogP contribution in [0.25, 0.3) is 0 Å². The van der Waals surface area contributed by atoms with Gasteiger partial charge in [-0.15, -0.1) is 0 Å². The van der Waals surface area contributed by atoms with E-state index >= 15 is 0 Å². The first-order valence-corrected chi connectivity index (χ1v) is 10.1. The van der Waals surface area contributed by atoms with Crippen molar-refractivity contribution in [3.8, 4) is 6.07 Å². The number of aromatic nitrogens is 2. The minimum atomic E-state index is -0.128. The van der Waals surface area contributed by atoms with E-state index in [1.54, 1.807) is 29.6 Å². The minimum absolute atomic E-state index is 0.0288. The monoisotopic (exact) mass is 402 g/mol. The molecule has 1 saturated heterocycles. The van der Waals surface area contributed by atoms with E-state index in [-0.39, 0.29) is 17.7 Å². The van der Waals surface area contributed by atoms with E-state index in [0.29, 0.717) is 24.5 Å². The lowest BCUT2D eigenvalue weighted by molar-refractivity contribution is -0.129. The first-order valence-electron chi connectivity index (χ1n) is 10.1. The van der Waals surface area contributed by atoms with E-state index in [2.05, 4.69) is 40.9 Å². The van der Waals surface area contributed by atoms with Crippen molar-refractivity contribution in [2.24, 2.45) is 16.9 Å². The Bertz CT molecular complexity index is 961. The summed E-state index contributed by atoms with van der Waals surface area (Å²) in [6.45, 7) is 8.86. The molecule has 3 heterocycles. The van der Waals surface area contributed by atoms with Crippen LogP contribution in [0.1, 0.15) is 43.5 Å². The predicted octanol–water partition coefficient (Wildman–Crippen LogP) is 3.25. The van der Waals surface area contributed by atoms with Crippen LogP contribution in [0.15, 0.2) is 60.4 Å². The van der Waals surface area contributed by atoms with Gasteiger partial charge >= 0.3 is 0 Å². The largest absolute Gasteiger partial charge is 0.297 e. The zero-order chi connectivity index (χ0) is 21.5. The van der Waals surface area contributed by atoms with Gasteiger partial charge in [0.15, 0.2) is 0 Å². The van der Waals surface area contributed by atoms with E-state index in [4.69, 9.17) is 5.26 Å². The summed E-state index contributed by atoms with van der Waals surface area (Å²) in [6, 6.07) is 9.39. The maximum absolute atomic E-state index is 12.9. The Morgan fingerprint density at radius 2 is 2.17 bits per heavy atom. The number of rotatable bonds is 8. The highest BCUT2D eigenvalue weighted by Gasteiger charge is 2.33. The van der Waals surface area contributed by atoms with Crippen molar-refractivity contribution in [2.45, 2.75) is 33.1 Å². The van der Waals surface area contributed by atoms with Gasteiger partial charge in [-0.3, -0.25) is 20.1 Å². The summed E-state index contributed by atoms with van der Waals surface area (Å²) in [5, 5.41) is 13.4. The fourth-order valence-electron chi connectivity index (χ4n) is 3.45. The van der Waals surface area contributed by atoms with Gasteiger partial charge in [-0.2, -0.15) is 10.4 Å². The third-order valence-electron chi connectivity index (χ3n) is 5.42. The highest BCUT2D eigenvalue weighted by Crippen LogP contribution is 2.24. The summed E-state index contributed by atoms with van der Waals surface area (Å²) in [5.41, 5.74) is 6.23. The molecule has 7 nitrogen and oxygen atoms in total. The molecule has 2 unspecified atom stereocenters.